The summed E-state index contributed by atoms with van der Waals surface area (Å²) in [6, 6.07) is 0.764. The summed E-state index contributed by atoms with van der Waals surface area (Å²) in [5, 5.41) is 0. The van der Waals surface area contributed by atoms with Crippen molar-refractivity contribution in [2.45, 2.75) is 79.7 Å². The van der Waals surface area contributed by atoms with E-state index in [1.807, 2.05) is 0 Å². The Balaban J connectivity index is 2.44. The zero-order valence-electron chi connectivity index (χ0n) is 14.3. The predicted octanol–water partition coefficient (Wildman–Crippen LogP) is 5.21. The van der Waals surface area contributed by atoms with Crippen molar-refractivity contribution in [2.75, 3.05) is 13.1 Å². The molecule has 19 heavy (non-hydrogen) atoms. The van der Waals surface area contributed by atoms with E-state index in [1.165, 1.54) is 45.2 Å². The Morgan fingerprint density at radius 3 is 1.74 bits per heavy atom. The van der Waals surface area contributed by atoms with Gasteiger partial charge < -0.3 is 4.90 Å². The highest BCUT2D eigenvalue weighted by molar-refractivity contribution is 4.78. The Morgan fingerprint density at radius 2 is 1.26 bits per heavy atom. The van der Waals surface area contributed by atoms with E-state index in [-0.39, 0.29) is 0 Å². The van der Waals surface area contributed by atoms with Gasteiger partial charge in [0.1, 0.15) is 0 Å². The molecule has 4 unspecified atom stereocenters. The molecule has 0 spiro atoms. The fraction of sp³-hybridized carbons (Fsp3) is 1.00. The maximum absolute atomic E-state index is 2.75. The molecule has 0 N–H and O–H groups in total. The quantitative estimate of drug-likeness (QED) is 0.639. The van der Waals surface area contributed by atoms with E-state index >= 15 is 0 Å². The van der Waals surface area contributed by atoms with Gasteiger partial charge in [0.25, 0.3) is 0 Å². The summed E-state index contributed by atoms with van der Waals surface area (Å²) in [7, 11) is 0. The van der Waals surface area contributed by atoms with Gasteiger partial charge in [-0.05, 0) is 62.9 Å². The molecule has 0 aromatic carbocycles. The third kappa shape index (κ3) is 5.45. The molecule has 1 nitrogen and oxygen atoms in total. The van der Waals surface area contributed by atoms with Crippen LogP contribution in [0, 0.1) is 23.7 Å². The van der Waals surface area contributed by atoms with Crippen molar-refractivity contribution in [3.63, 3.8) is 0 Å². The molecule has 1 fully saturated rings. The van der Waals surface area contributed by atoms with Gasteiger partial charge in [-0.15, -0.1) is 0 Å². The second kappa shape index (κ2) is 8.29. The third-order valence-corrected chi connectivity index (χ3v) is 5.73. The lowest BCUT2D eigenvalue weighted by Crippen LogP contribution is -2.39. The minimum Gasteiger partial charge on any atom is -0.300 e. The number of hydrogen-bond donors (Lipinski definition) is 0. The van der Waals surface area contributed by atoms with Crippen molar-refractivity contribution in [1.29, 1.82) is 0 Å². The van der Waals surface area contributed by atoms with Crippen LogP contribution < -0.4 is 0 Å². The van der Waals surface area contributed by atoms with Crippen LogP contribution >= 0.6 is 0 Å². The van der Waals surface area contributed by atoms with Crippen LogP contribution in [0.15, 0.2) is 0 Å². The van der Waals surface area contributed by atoms with E-state index in [4.69, 9.17) is 0 Å². The summed E-state index contributed by atoms with van der Waals surface area (Å²) in [4.78, 5) is 2.75. The van der Waals surface area contributed by atoms with Crippen LogP contribution in [0.3, 0.4) is 0 Å². The fourth-order valence-corrected chi connectivity index (χ4v) is 3.52. The molecule has 114 valence electrons. The second-order valence-electron chi connectivity index (χ2n) is 7.48. The van der Waals surface area contributed by atoms with E-state index in [2.05, 4.69) is 46.4 Å². The van der Waals surface area contributed by atoms with E-state index in [1.54, 1.807) is 0 Å². The molecule has 0 aliphatic carbocycles. The first kappa shape index (κ1) is 17.0. The largest absolute Gasteiger partial charge is 0.300 e. The minimum atomic E-state index is 0.764. The molecule has 0 aromatic rings. The molecule has 0 radical (unpaired) electrons. The first-order valence-electron chi connectivity index (χ1n) is 8.67. The number of likely N-dealkylation sites (tertiary alicyclic amines) is 1. The Morgan fingerprint density at radius 1 is 0.737 bits per heavy atom. The number of rotatable bonds is 6. The Labute approximate surface area is 122 Å². The highest BCUT2D eigenvalue weighted by Gasteiger charge is 2.25. The van der Waals surface area contributed by atoms with Gasteiger partial charge in [-0.3, -0.25) is 0 Å². The summed E-state index contributed by atoms with van der Waals surface area (Å²) in [6.07, 6.45) is 7.10. The molecular weight excluding hydrogens is 230 g/mol. The van der Waals surface area contributed by atoms with E-state index in [9.17, 15) is 0 Å². The SMILES string of the molecule is CC(C)C(C)C(C)CC(C)C(C)N1CCCCCC1. The van der Waals surface area contributed by atoms with E-state index in [0.29, 0.717) is 0 Å². The number of nitrogens with zero attached hydrogens (tertiary/aromatic N) is 1. The Kier molecular flexibility index (Phi) is 7.42. The molecule has 0 aromatic heterocycles. The Hall–Kier alpha value is -0.0400. The third-order valence-electron chi connectivity index (χ3n) is 5.73. The van der Waals surface area contributed by atoms with Gasteiger partial charge in [0.2, 0.25) is 0 Å². The molecule has 1 rings (SSSR count). The molecular formula is C18H37N. The molecule has 0 saturated carbocycles. The molecule has 1 aliphatic rings. The fourth-order valence-electron chi connectivity index (χ4n) is 3.52. The standard InChI is InChI=1S/C18H37N/c1-14(2)17(5)15(3)13-16(4)18(6)19-11-9-7-8-10-12-19/h14-18H,7-13H2,1-6H3. The van der Waals surface area contributed by atoms with Crippen LogP contribution in [0.4, 0.5) is 0 Å². The highest BCUT2D eigenvalue weighted by atomic mass is 15.1. The van der Waals surface area contributed by atoms with Crippen LogP contribution in [-0.4, -0.2) is 24.0 Å². The molecule has 1 aliphatic heterocycles. The number of hydrogen-bond acceptors (Lipinski definition) is 1. The van der Waals surface area contributed by atoms with Crippen LogP contribution in [0.1, 0.15) is 73.6 Å². The lowest BCUT2D eigenvalue weighted by atomic mass is 9.79. The van der Waals surface area contributed by atoms with Crippen LogP contribution in [0.2, 0.25) is 0 Å². The molecule has 0 bridgehead atoms. The molecule has 1 saturated heterocycles. The van der Waals surface area contributed by atoms with Crippen molar-refractivity contribution in [3.8, 4) is 0 Å². The van der Waals surface area contributed by atoms with Gasteiger partial charge in [-0.1, -0.05) is 47.5 Å². The van der Waals surface area contributed by atoms with E-state index in [0.717, 1.165) is 29.7 Å². The van der Waals surface area contributed by atoms with Gasteiger partial charge in [-0.2, -0.15) is 0 Å². The van der Waals surface area contributed by atoms with Crippen LogP contribution in [-0.2, 0) is 0 Å². The average molecular weight is 268 g/mol. The van der Waals surface area contributed by atoms with Crippen molar-refractivity contribution >= 4 is 0 Å². The first-order valence-corrected chi connectivity index (χ1v) is 8.67. The normalized spacial score (nSPS) is 24.8. The summed E-state index contributed by atoms with van der Waals surface area (Å²) in [5.74, 6) is 3.34. The average Bonchev–Trinajstić information content (AvgIpc) is 2.65. The second-order valence-corrected chi connectivity index (χ2v) is 7.48. The van der Waals surface area contributed by atoms with Crippen LogP contribution in [0.25, 0.3) is 0 Å². The Bertz CT molecular complexity index is 228. The highest BCUT2D eigenvalue weighted by Crippen LogP contribution is 2.29. The summed E-state index contributed by atoms with van der Waals surface area (Å²) >= 11 is 0. The lowest BCUT2D eigenvalue weighted by Gasteiger charge is -2.35. The van der Waals surface area contributed by atoms with Gasteiger partial charge >= 0.3 is 0 Å². The zero-order valence-corrected chi connectivity index (χ0v) is 14.3. The first-order chi connectivity index (χ1) is 8.93. The molecule has 1 heteroatoms. The van der Waals surface area contributed by atoms with Crippen molar-refractivity contribution in [1.82, 2.24) is 4.90 Å². The van der Waals surface area contributed by atoms with Crippen LogP contribution in [0.5, 0.6) is 0 Å². The van der Waals surface area contributed by atoms with Gasteiger partial charge in [0.15, 0.2) is 0 Å². The smallest absolute Gasteiger partial charge is 0.00926 e. The summed E-state index contributed by atoms with van der Waals surface area (Å²) < 4.78 is 0. The van der Waals surface area contributed by atoms with Gasteiger partial charge in [-0.25, -0.2) is 0 Å². The van der Waals surface area contributed by atoms with Gasteiger partial charge in [0, 0.05) is 6.04 Å². The minimum absolute atomic E-state index is 0.764. The monoisotopic (exact) mass is 267 g/mol. The van der Waals surface area contributed by atoms with Crippen molar-refractivity contribution < 1.29 is 0 Å². The summed E-state index contributed by atoms with van der Waals surface area (Å²) in [6.45, 7) is 17.2. The summed E-state index contributed by atoms with van der Waals surface area (Å²) in [5.41, 5.74) is 0. The molecule has 0 amide bonds. The zero-order chi connectivity index (χ0) is 14.4. The molecule has 4 atom stereocenters. The van der Waals surface area contributed by atoms with Crippen molar-refractivity contribution in [3.05, 3.63) is 0 Å². The lowest BCUT2D eigenvalue weighted by molar-refractivity contribution is 0.138. The topological polar surface area (TPSA) is 3.24 Å². The van der Waals surface area contributed by atoms with Gasteiger partial charge in [0.05, 0.1) is 0 Å². The maximum atomic E-state index is 2.75. The van der Waals surface area contributed by atoms with Crippen molar-refractivity contribution in [2.24, 2.45) is 23.7 Å². The predicted molar refractivity (Wildman–Crippen MR) is 86.5 cm³/mol. The van der Waals surface area contributed by atoms with E-state index < -0.39 is 0 Å². The molecule has 1 heterocycles. The maximum Gasteiger partial charge on any atom is 0.00926 e.